The summed E-state index contributed by atoms with van der Waals surface area (Å²) < 4.78 is 2.20. The number of nitrogens with one attached hydrogen (secondary N) is 1. The highest BCUT2D eigenvalue weighted by molar-refractivity contribution is 14.1. The zero-order valence-corrected chi connectivity index (χ0v) is 15.0. The summed E-state index contributed by atoms with van der Waals surface area (Å²) in [7, 11) is 1.99. The molecule has 19 heavy (non-hydrogen) atoms. The minimum atomic E-state index is 0.286. The summed E-state index contributed by atoms with van der Waals surface area (Å²) in [5, 5.41) is 4.11. The SMILES string of the molecule is CNC(Cc1ccc(I)cc1)c1ccc(Cl)c(Br)c1. The van der Waals surface area contributed by atoms with E-state index in [9.17, 15) is 0 Å². The van der Waals surface area contributed by atoms with Crippen molar-refractivity contribution in [2.24, 2.45) is 0 Å². The van der Waals surface area contributed by atoms with Crippen molar-refractivity contribution in [2.45, 2.75) is 12.5 Å². The highest BCUT2D eigenvalue weighted by Crippen LogP contribution is 2.27. The van der Waals surface area contributed by atoms with E-state index in [4.69, 9.17) is 11.6 Å². The first-order valence-electron chi connectivity index (χ1n) is 5.97. The summed E-state index contributed by atoms with van der Waals surface area (Å²) in [4.78, 5) is 0. The molecule has 0 fully saturated rings. The highest BCUT2D eigenvalue weighted by atomic mass is 127. The molecule has 2 aromatic rings. The number of hydrogen-bond acceptors (Lipinski definition) is 1. The lowest BCUT2D eigenvalue weighted by atomic mass is 9.99. The second kappa shape index (κ2) is 7.07. The van der Waals surface area contributed by atoms with E-state index >= 15 is 0 Å². The molecule has 0 saturated heterocycles. The van der Waals surface area contributed by atoms with Gasteiger partial charge >= 0.3 is 0 Å². The lowest BCUT2D eigenvalue weighted by Gasteiger charge is -2.17. The number of benzene rings is 2. The summed E-state index contributed by atoms with van der Waals surface area (Å²) in [6.45, 7) is 0. The van der Waals surface area contributed by atoms with Gasteiger partial charge in [0.25, 0.3) is 0 Å². The van der Waals surface area contributed by atoms with Crippen LogP contribution in [0.25, 0.3) is 0 Å². The summed E-state index contributed by atoms with van der Waals surface area (Å²) in [6, 6.07) is 15.0. The lowest BCUT2D eigenvalue weighted by Crippen LogP contribution is -2.18. The van der Waals surface area contributed by atoms with E-state index in [0.717, 1.165) is 15.9 Å². The van der Waals surface area contributed by atoms with E-state index in [-0.39, 0.29) is 6.04 Å². The van der Waals surface area contributed by atoms with Crippen LogP contribution in [0, 0.1) is 3.57 Å². The first-order valence-corrected chi connectivity index (χ1v) is 8.22. The topological polar surface area (TPSA) is 12.0 Å². The van der Waals surface area contributed by atoms with Gasteiger partial charge in [0.05, 0.1) is 5.02 Å². The summed E-state index contributed by atoms with van der Waals surface area (Å²) in [5.74, 6) is 0. The van der Waals surface area contributed by atoms with Crippen molar-refractivity contribution in [1.82, 2.24) is 5.32 Å². The Morgan fingerprint density at radius 2 is 1.89 bits per heavy atom. The fourth-order valence-corrected chi connectivity index (χ4v) is 2.85. The van der Waals surface area contributed by atoms with Gasteiger partial charge in [-0.3, -0.25) is 0 Å². The van der Waals surface area contributed by atoms with E-state index in [0.29, 0.717) is 0 Å². The summed E-state index contributed by atoms with van der Waals surface area (Å²) in [6.07, 6.45) is 0.960. The average Bonchev–Trinajstić information content (AvgIpc) is 2.41. The third-order valence-corrected chi connectivity index (χ3v) is 4.98. The summed E-state index contributed by atoms with van der Waals surface area (Å²) >= 11 is 11.8. The van der Waals surface area contributed by atoms with Gasteiger partial charge in [0.1, 0.15) is 0 Å². The fourth-order valence-electron chi connectivity index (χ4n) is 1.97. The van der Waals surface area contributed by atoms with Gasteiger partial charge in [-0.25, -0.2) is 0 Å². The Labute approximate surface area is 141 Å². The van der Waals surface area contributed by atoms with Gasteiger partial charge in [-0.05, 0) is 87.4 Å². The molecule has 0 heterocycles. The van der Waals surface area contributed by atoms with E-state index in [1.165, 1.54) is 14.7 Å². The fraction of sp³-hybridized carbons (Fsp3) is 0.200. The summed E-state index contributed by atoms with van der Waals surface area (Å²) in [5.41, 5.74) is 2.56. The first kappa shape index (κ1) is 15.3. The molecule has 0 aliphatic heterocycles. The van der Waals surface area contributed by atoms with E-state index in [2.05, 4.69) is 80.2 Å². The number of rotatable bonds is 4. The second-order valence-electron chi connectivity index (χ2n) is 4.35. The van der Waals surface area contributed by atoms with Crippen molar-refractivity contribution in [1.29, 1.82) is 0 Å². The molecule has 1 N–H and O–H groups in total. The van der Waals surface area contributed by atoms with E-state index in [1.807, 2.05) is 13.1 Å². The Hall–Kier alpha value is -0.100. The normalized spacial score (nSPS) is 12.4. The molecule has 1 atom stereocenters. The molecule has 0 aromatic heterocycles. The average molecular weight is 451 g/mol. The first-order chi connectivity index (χ1) is 9.10. The van der Waals surface area contributed by atoms with Crippen LogP contribution in [0.3, 0.4) is 0 Å². The molecule has 0 radical (unpaired) electrons. The molecule has 2 rings (SSSR count). The monoisotopic (exact) mass is 449 g/mol. The largest absolute Gasteiger partial charge is 0.313 e. The van der Waals surface area contributed by atoms with E-state index in [1.54, 1.807) is 0 Å². The number of hydrogen-bond donors (Lipinski definition) is 1. The van der Waals surface area contributed by atoms with Gasteiger partial charge in [-0.15, -0.1) is 0 Å². The molecule has 100 valence electrons. The van der Waals surface area contributed by atoms with Crippen molar-refractivity contribution in [3.63, 3.8) is 0 Å². The maximum Gasteiger partial charge on any atom is 0.0548 e. The second-order valence-corrected chi connectivity index (χ2v) is 6.85. The highest BCUT2D eigenvalue weighted by Gasteiger charge is 2.11. The van der Waals surface area contributed by atoms with Gasteiger partial charge < -0.3 is 5.32 Å². The predicted molar refractivity (Wildman–Crippen MR) is 93.8 cm³/mol. The molecule has 2 aromatic carbocycles. The van der Waals surface area contributed by atoms with Gasteiger partial charge in [-0.1, -0.05) is 29.8 Å². The molecular weight excluding hydrogens is 436 g/mol. The standard InChI is InChI=1S/C15H14BrClIN/c1-19-15(8-10-2-5-12(18)6-3-10)11-4-7-14(17)13(16)9-11/h2-7,9,15,19H,8H2,1H3. The molecule has 0 amide bonds. The Morgan fingerprint density at radius 1 is 1.21 bits per heavy atom. The van der Waals surface area contributed by atoms with Gasteiger partial charge in [0.2, 0.25) is 0 Å². The van der Waals surface area contributed by atoms with Crippen LogP contribution in [0.4, 0.5) is 0 Å². The Balaban J connectivity index is 2.19. The van der Waals surface area contributed by atoms with Crippen LogP contribution in [0.5, 0.6) is 0 Å². The molecule has 1 unspecified atom stereocenters. The molecule has 0 aliphatic rings. The minimum Gasteiger partial charge on any atom is -0.313 e. The molecule has 0 aliphatic carbocycles. The maximum absolute atomic E-state index is 6.04. The van der Waals surface area contributed by atoms with Gasteiger partial charge in [0, 0.05) is 14.1 Å². The van der Waals surface area contributed by atoms with Crippen molar-refractivity contribution < 1.29 is 0 Å². The third kappa shape index (κ3) is 4.18. The molecule has 1 nitrogen and oxygen atoms in total. The Kier molecular flexibility index (Phi) is 5.69. The van der Waals surface area contributed by atoms with Crippen molar-refractivity contribution in [3.8, 4) is 0 Å². The van der Waals surface area contributed by atoms with Crippen molar-refractivity contribution in [2.75, 3.05) is 7.05 Å². The lowest BCUT2D eigenvalue weighted by molar-refractivity contribution is 0.592. The smallest absolute Gasteiger partial charge is 0.0548 e. The zero-order chi connectivity index (χ0) is 13.8. The molecule has 0 bridgehead atoms. The van der Waals surface area contributed by atoms with Crippen molar-refractivity contribution >= 4 is 50.1 Å². The maximum atomic E-state index is 6.04. The Bertz CT molecular complexity index is 557. The predicted octanol–water partition coefficient (Wildman–Crippen LogP) is 5.21. The van der Waals surface area contributed by atoms with Crippen LogP contribution < -0.4 is 5.32 Å². The molecule has 4 heteroatoms. The van der Waals surface area contributed by atoms with Crippen LogP contribution in [0.1, 0.15) is 17.2 Å². The van der Waals surface area contributed by atoms with Crippen LogP contribution in [0.2, 0.25) is 5.02 Å². The van der Waals surface area contributed by atoms with Crippen LogP contribution in [0.15, 0.2) is 46.9 Å². The molecule has 0 spiro atoms. The van der Waals surface area contributed by atoms with Crippen LogP contribution in [-0.4, -0.2) is 7.05 Å². The quantitative estimate of drug-likeness (QED) is 0.631. The van der Waals surface area contributed by atoms with E-state index < -0.39 is 0 Å². The third-order valence-electron chi connectivity index (χ3n) is 3.05. The Morgan fingerprint density at radius 3 is 2.47 bits per heavy atom. The van der Waals surface area contributed by atoms with Gasteiger partial charge in [-0.2, -0.15) is 0 Å². The van der Waals surface area contributed by atoms with Crippen LogP contribution in [-0.2, 0) is 6.42 Å². The number of halogens is 3. The molecule has 0 saturated carbocycles. The minimum absolute atomic E-state index is 0.286. The zero-order valence-electron chi connectivity index (χ0n) is 10.5. The van der Waals surface area contributed by atoms with Crippen LogP contribution >= 0.6 is 50.1 Å². The van der Waals surface area contributed by atoms with Gasteiger partial charge in [0.15, 0.2) is 0 Å². The number of likely N-dealkylation sites (N-methyl/N-ethyl adjacent to an activating group) is 1. The molecular formula is C15H14BrClIN. The van der Waals surface area contributed by atoms with Crippen molar-refractivity contribution in [3.05, 3.63) is 66.7 Å².